The minimum Gasteiger partial charge on any atom is -0.351 e. The van der Waals surface area contributed by atoms with Crippen molar-refractivity contribution in [3.63, 3.8) is 0 Å². The molecule has 1 aliphatic heterocycles. The third-order valence-electron chi connectivity index (χ3n) is 5.29. The van der Waals surface area contributed by atoms with E-state index < -0.39 is 6.03 Å². The fourth-order valence-corrected chi connectivity index (χ4v) is 3.65. The SMILES string of the molecule is Cc1ccc(-c2cc(C(=O)N3CCCN(C(N)=O)CC3)c3c(C)noc3n2)cc1. The summed E-state index contributed by atoms with van der Waals surface area (Å²) in [5.41, 5.74) is 9.58. The number of pyridine rings is 1. The van der Waals surface area contributed by atoms with Gasteiger partial charge in [0.25, 0.3) is 11.6 Å². The number of primary amides is 1. The lowest BCUT2D eigenvalue weighted by Crippen LogP contribution is -2.39. The van der Waals surface area contributed by atoms with Gasteiger partial charge in [0.15, 0.2) is 0 Å². The van der Waals surface area contributed by atoms with E-state index in [2.05, 4.69) is 10.1 Å². The van der Waals surface area contributed by atoms with E-state index in [0.29, 0.717) is 60.7 Å². The molecule has 1 aliphatic rings. The van der Waals surface area contributed by atoms with Gasteiger partial charge in [0.05, 0.1) is 22.3 Å². The molecule has 0 atom stereocenters. The van der Waals surface area contributed by atoms with Gasteiger partial charge >= 0.3 is 6.03 Å². The average molecular weight is 393 g/mol. The van der Waals surface area contributed by atoms with Gasteiger partial charge in [0.1, 0.15) is 0 Å². The molecule has 150 valence electrons. The van der Waals surface area contributed by atoms with Crippen LogP contribution in [0.3, 0.4) is 0 Å². The van der Waals surface area contributed by atoms with Crippen LogP contribution in [0, 0.1) is 13.8 Å². The zero-order chi connectivity index (χ0) is 20.5. The van der Waals surface area contributed by atoms with Crippen molar-refractivity contribution in [2.24, 2.45) is 5.73 Å². The Bertz CT molecular complexity index is 1070. The molecule has 0 radical (unpaired) electrons. The lowest BCUT2D eigenvalue weighted by Gasteiger charge is -2.21. The van der Waals surface area contributed by atoms with Gasteiger partial charge in [-0.05, 0) is 26.3 Å². The van der Waals surface area contributed by atoms with Gasteiger partial charge < -0.3 is 20.1 Å². The molecule has 3 amide bonds. The maximum absolute atomic E-state index is 13.4. The summed E-state index contributed by atoms with van der Waals surface area (Å²) in [4.78, 5) is 32.8. The quantitative estimate of drug-likeness (QED) is 0.721. The van der Waals surface area contributed by atoms with Crippen LogP contribution < -0.4 is 5.73 Å². The van der Waals surface area contributed by atoms with E-state index in [4.69, 9.17) is 10.3 Å². The van der Waals surface area contributed by atoms with E-state index in [9.17, 15) is 9.59 Å². The molecule has 1 aromatic carbocycles. The Morgan fingerprint density at radius 2 is 1.72 bits per heavy atom. The number of carbonyl (C=O) groups is 2. The zero-order valence-corrected chi connectivity index (χ0v) is 16.5. The number of benzene rings is 1. The van der Waals surface area contributed by atoms with Gasteiger partial charge in [-0.15, -0.1) is 0 Å². The van der Waals surface area contributed by atoms with Crippen molar-refractivity contribution in [3.05, 3.63) is 47.2 Å². The first kappa shape index (κ1) is 18.9. The minimum absolute atomic E-state index is 0.122. The first-order valence-electron chi connectivity index (χ1n) is 9.62. The Hall–Kier alpha value is -3.42. The second-order valence-electron chi connectivity index (χ2n) is 7.34. The Labute approximate surface area is 168 Å². The third kappa shape index (κ3) is 3.65. The van der Waals surface area contributed by atoms with Crippen LogP contribution in [-0.2, 0) is 0 Å². The normalized spacial score (nSPS) is 14.8. The molecule has 4 rings (SSSR count). The van der Waals surface area contributed by atoms with Gasteiger partial charge in [0, 0.05) is 31.7 Å². The summed E-state index contributed by atoms with van der Waals surface area (Å²) < 4.78 is 5.38. The average Bonchev–Trinajstić information content (AvgIpc) is 2.92. The summed E-state index contributed by atoms with van der Waals surface area (Å²) in [6, 6.07) is 9.29. The van der Waals surface area contributed by atoms with Crippen LogP contribution in [0.4, 0.5) is 4.79 Å². The highest BCUT2D eigenvalue weighted by molar-refractivity contribution is 6.07. The zero-order valence-electron chi connectivity index (χ0n) is 16.5. The van der Waals surface area contributed by atoms with Crippen LogP contribution in [0.5, 0.6) is 0 Å². The number of hydrogen-bond donors (Lipinski definition) is 1. The number of nitrogens with zero attached hydrogens (tertiary/aromatic N) is 4. The lowest BCUT2D eigenvalue weighted by molar-refractivity contribution is 0.0764. The third-order valence-corrected chi connectivity index (χ3v) is 5.29. The number of fused-ring (bicyclic) bond motifs is 1. The molecule has 29 heavy (non-hydrogen) atoms. The number of rotatable bonds is 2. The standard InChI is InChI=1S/C21H23N5O3/c1-13-4-6-15(7-5-13)17-12-16(18-14(2)24-29-19(18)23-17)20(27)25-8-3-9-26(11-10-25)21(22)28/h4-7,12H,3,8-11H2,1-2H3,(H2,22,28). The van der Waals surface area contributed by atoms with E-state index >= 15 is 0 Å². The highest BCUT2D eigenvalue weighted by atomic mass is 16.5. The molecule has 0 unspecified atom stereocenters. The summed E-state index contributed by atoms with van der Waals surface area (Å²) in [6.07, 6.45) is 0.677. The van der Waals surface area contributed by atoms with Crippen LogP contribution >= 0.6 is 0 Å². The fourth-order valence-electron chi connectivity index (χ4n) is 3.65. The molecular weight excluding hydrogens is 370 g/mol. The number of nitrogens with two attached hydrogens (primary N) is 1. The highest BCUT2D eigenvalue weighted by Crippen LogP contribution is 2.28. The van der Waals surface area contributed by atoms with Crippen molar-refractivity contribution in [1.82, 2.24) is 19.9 Å². The van der Waals surface area contributed by atoms with Crippen LogP contribution in [-0.4, -0.2) is 58.1 Å². The molecular formula is C21H23N5O3. The molecule has 3 aromatic rings. The predicted molar refractivity (Wildman–Crippen MR) is 108 cm³/mol. The molecule has 8 heteroatoms. The Kier molecular flexibility index (Phi) is 4.92. The highest BCUT2D eigenvalue weighted by Gasteiger charge is 2.26. The Morgan fingerprint density at radius 1 is 1.03 bits per heavy atom. The summed E-state index contributed by atoms with van der Waals surface area (Å²) in [5.74, 6) is -0.122. The van der Waals surface area contributed by atoms with Crippen molar-refractivity contribution in [1.29, 1.82) is 0 Å². The topological polar surface area (TPSA) is 106 Å². The fraction of sp³-hybridized carbons (Fsp3) is 0.333. The second kappa shape index (κ2) is 7.54. The molecule has 3 heterocycles. The molecule has 0 bridgehead atoms. The van der Waals surface area contributed by atoms with Crippen LogP contribution in [0.25, 0.3) is 22.4 Å². The molecule has 2 N–H and O–H groups in total. The van der Waals surface area contributed by atoms with Crippen molar-refractivity contribution < 1.29 is 14.1 Å². The molecule has 1 saturated heterocycles. The Balaban J connectivity index is 1.73. The molecule has 1 fully saturated rings. The van der Waals surface area contributed by atoms with E-state index in [-0.39, 0.29) is 5.91 Å². The molecule has 0 spiro atoms. The van der Waals surface area contributed by atoms with Crippen molar-refractivity contribution in [2.45, 2.75) is 20.3 Å². The van der Waals surface area contributed by atoms with Gasteiger partial charge in [-0.25, -0.2) is 9.78 Å². The summed E-state index contributed by atoms with van der Waals surface area (Å²) in [6.45, 7) is 5.76. The summed E-state index contributed by atoms with van der Waals surface area (Å²) in [7, 11) is 0. The van der Waals surface area contributed by atoms with Gasteiger partial charge in [-0.2, -0.15) is 0 Å². The van der Waals surface area contributed by atoms with Crippen molar-refractivity contribution >= 4 is 23.0 Å². The predicted octanol–water partition coefficient (Wildman–Crippen LogP) is 2.73. The second-order valence-corrected chi connectivity index (χ2v) is 7.34. The van der Waals surface area contributed by atoms with Crippen LogP contribution in [0.15, 0.2) is 34.9 Å². The maximum atomic E-state index is 13.4. The van der Waals surface area contributed by atoms with E-state index in [1.807, 2.05) is 31.2 Å². The number of carbonyl (C=O) groups excluding carboxylic acids is 2. The maximum Gasteiger partial charge on any atom is 0.314 e. The lowest BCUT2D eigenvalue weighted by atomic mass is 10.0. The van der Waals surface area contributed by atoms with Crippen LogP contribution in [0.1, 0.15) is 28.0 Å². The number of aromatic nitrogens is 2. The van der Waals surface area contributed by atoms with Gasteiger partial charge in [-0.1, -0.05) is 35.0 Å². The van der Waals surface area contributed by atoms with E-state index in [0.717, 1.165) is 11.1 Å². The molecule has 0 aliphatic carbocycles. The van der Waals surface area contributed by atoms with Crippen molar-refractivity contribution in [2.75, 3.05) is 26.2 Å². The first-order valence-corrected chi connectivity index (χ1v) is 9.62. The molecule has 2 aromatic heterocycles. The largest absolute Gasteiger partial charge is 0.351 e. The van der Waals surface area contributed by atoms with E-state index in [1.54, 1.807) is 22.8 Å². The van der Waals surface area contributed by atoms with Crippen molar-refractivity contribution in [3.8, 4) is 11.3 Å². The van der Waals surface area contributed by atoms with E-state index in [1.165, 1.54) is 0 Å². The minimum atomic E-state index is -0.456. The van der Waals surface area contributed by atoms with Gasteiger partial charge in [-0.3, -0.25) is 4.79 Å². The monoisotopic (exact) mass is 393 g/mol. The van der Waals surface area contributed by atoms with Gasteiger partial charge in [0.2, 0.25) is 0 Å². The molecule has 8 nitrogen and oxygen atoms in total. The Morgan fingerprint density at radius 3 is 2.45 bits per heavy atom. The van der Waals surface area contributed by atoms with Crippen LogP contribution in [0.2, 0.25) is 0 Å². The number of urea groups is 1. The number of hydrogen-bond acceptors (Lipinski definition) is 5. The summed E-state index contributed by atoms with van der Waals surface area (Å²) >= 11 is 0. The first-order chi connectivity index (χ1) is 13.9. The number of aryl methyl sites for hydroxylation is 2. The summed E-state index contributed by atoms with van der Waals surface area (Å²) in [5, 5.41) is 4.64. The number of amides is 3. The smallest absolute Gasteiger partial charge is 0.314 e. The molecule has 0 saturated carbocycles.